The molecule has 0 spiro atoms. The smallest absolute Gasteiger partial charge is 0.409 e. The van der Waals surface area contributed by atoms with Crippen molar-refractivity contribution < 1.29 is 57.6 Å². The number of fused-ring (bicyclic) bond motifs is 5. The fourth-order valence-electron chi connectivity index (χ4n) is 7.99. The summed E-state index contributed by atoms with van der Waals surface area (Å²) in [5.74, 6) is -2.10. The van der Waals surface area contributed by atoms with Crippen molar-refractivity contribution in [1.29, 1.82) is 0 Å². The number of ether oxygens (including phenoxy) is 5. The van der Waals surface area contributed by atoms with Gasteiger partial charge in [-0.3, -0.25) is 29.4 Å². The molecule has 3 fully saturated rings. The molecule has 4 bridgehead atoms. The number of likely N-dealkylation sites (tertiary alicyclic amines) is 1. The number of nitrogens with one attached hydrogen (secondary N) is 1. The van der Waals surface area contributed by atoms with Crippen LogP contribution in [-0.4, -0.2) is 127 Å². The molecule has 5 rings (SSSR count). The second-order valence-electron chi connectivity index (χ2n) is 16.2. The van der Waals surface area contributed by atoms with Crippen molar-refractivity contribution in [2.45, 2.75) is 127 Å². The van der Waals surface area contributed by atoms with Gasteiger partial charge in [-0.25, -0.2) is 9.59 Å². The lowest BCUT2D eigenvalue weighted by molar-refractivity contribution is -0.162. The van der Waals surface area contributed by atoms with Crippen LogP contribution in [0.3, 0.4) is 0 Å². The summed E-state index contributed by atoms with van der Waals surface area (Å²) in [4.78, 5) is 81.9. The minimum absolute atomic E-state index is 0.0733. The zero-order valence-electron chi connectivity index (χ0n) is 35.1. The van der Waals surface area contributed by atoms with E-state index in [-0.39, 0.29) is 54.8 Å². The van der Waals surface area contributed by atoms with Crippen LogP contribution in [0.15, 0.2) is 35.9 Å². The lowest BCUT2D eigenvalue weighted by Gasteiger charge is -2.42. The van der Waals surface area contributed by atoms with Crippen LogP contribution < -0.4 is 15.0 Å². The fourth-order valence-corrected chi connectivity index (χ4v) is 8.30. The number of allylic oxidation sites excluding steroid dienone is 3. The molecule has 1 aromatic carbocycles. The Morgan fingerprint density at radius 2 is 1.80 bits per heavy atom. The Labute approximate surface area is 350 Å². The number of carbonyl (C=O) groups excluding carboxylic acids is 6. The van der Waals surface area contributed by atoms with Gasteiger partial charge < -0.3 is 38.6 Å². The van der Waals surface area contributed by atoms with Gasteiger partial charge in [0.15, 0.2) is 5.72 Å². The summed E-state index contributed by atoms with van der Waals surface area (Å²) in [6, 6.07) is 2.51. The number of esters is 1. The van der Waals surface area contributed by atoms with Crippen molar-refractivity contribution in [2.75, 3.05) is 39.8 Å². The van der Waals surface area contributed by atoms with E-state index in [1.807, 2.05) is 13.0 Å². The Kier molecular flexibility index (Phi) is 14.5. The number of epoxide rings is 1. The number of hydrogen-bond acceptors (Lipinski definition) is 12. The Morgan fingerprint density at radius 3 is 2.46 bits per heavy atom. The van der Waals surface area contributed by atoms with Crippen LogP contribution in [0.1, 0.15) is 84.6 Å². The van der Waals surface area contributed by atoms with Crippen molar-refractivity contribution in [1.82, 2.24) is 15.1 Å². The van der Waals surface area contributed by atoms with Crippen LogP contribution in [-0.2, 0) is 49.3 Å². The predicted molar refractivity (Wildman–Crippen MR) is 215 cm³/mol. The molecule has 2 N–H and O–H groups in total. The number of halogens is 1. The van der Waals surface area contributed by atoms with Crippen LogP contribution in [0, 0.1) is 5.92 Å². The SMILES string of the molecule is COc1cc2cc(c1Cl)N(C)C(=O)CC(OC(=O)[C@H](C)N(C)C(=O)CCCCCN1C(=O)CCC1=O)C1(C)OC1C(C)C1CC(O)(NC(=O)O1)C(OC)/C=C/C=C(\C)C2. The maximum atomic E-state index is 14.2. The van der Waals surface area contributed by atoms with Crippen molar-refractivity contribution in [3.63, 3.8) is 0 Å². The minimum atomic E-state index is -1.85. The highest BCUT2D eigenvalue weighted by atomic mass is 35.5. The van der Waals surface area contributed by atoms with Gasteiger partial charge in [0.1, 0.15) is 40.7 Å². The molecule has 324 valence electrons. The first kappa shape index (κ1) is 45.6. The minimum Gasteiger partial charge on any atom is -0.495 e. The number of nitrogens with zero attached hydrogens (tertiary/aromatic N) is 3. The van der Waals surface area contributed by atoms with E-state index in [1.54, 1.807) is 45.2 Å². The molecule has 0 radical (unpaired) electrons. The molecule has 4 heterocycles. The van der Waals surface area contributed by atoms with E-state index in [1.165, 1.54) is 42.9 Å². The number of carbonyl (C=O) groups is 6. The standard InChI is InChI=1S/C42H57ClN4O12/c1-24-13-12-14-31(56-8)42(54)23-30(57-40(53)44-42)25(2)38-41(4,59-38)32(22-36(51)46(6)28-20-27(19-24)21-29(55-7)37(28)43)58-39(52)26(3)45(5)33(48)15-10-9-11-18-47-34(49)16-17-35(47)50/h12-14,20-21,25-26,30-32,38,54H,9-11,15-19,22-23H2,1-8H3,(H,44,53)/b14-12+,24-13+/t25?,26-,30?,31?,32?,38?,41?,42?/m0/s1. The number of alkyl carbamates (subject to hydrolysis) is 1. The van der Waals surface area contributed by atoms with E-state index in [0.717, 1.165) is 11.1 Å². The molecule has 17 heteroatoms. The number of unbranched alkanes of at least 4 members (excludes halogenated alkanes) is 2. The summed E-state index contributed by atoms with van der Waals surface area (Å²) in [6.45, 7) is 7.24. The monoisotopic (exact) mass is 844 g/mol. The van der Waals surface area contributed by atoms with Crippen LogP contribution in [0.2, 0.25) is 5.02 Å². The van der Waals surface area contributed by atoms with Gasteiger partial charge in [-0.1, -0.05) is 48.7 Å². The molecule has 59 heavy (non-hydrogen) atoms. The maximum Gasteiger partial charge on any atom is 0.409 e. The molecule has 4 aliphatic rings. The first-order valence-electron chi connectivity index (χ1n) is 20.0. The van der Waals surface area contributed by atoms with Gasteiger partial charge in [-0.2, -0.15) is 0 Å². The third-order valence-corrected chi connectivity index (χ3v) is 12.3. The number of amides is 5. The van der Waals surface area contributed by atoms with Gasteiger partial charge in [0.2, 0.25) is 23.6 Å². The lowest BCUT2D eigenvalue weighted by Crippen LogP contribution is -2.63. The quantitative estimate of drug-likeness (QED) is 0.140. The third-order valence-electron chi connectivity index (χ3n) is 12.0. The Bertz CT molecular complexity index is 1860. The molecule has 1 aromatic rings. The molecule has 0 saturated carbocycles. The predicted octanol–water partition coefficient (Wildman–Crippen LogP) is 4.22. The van der Waals surface area contributed by atoms with Gasteiger partial charge in [0, 0.05) is 59.4 Å². The first-order chi connectivity index (χ1) is 27.8. The number of likely N-dealkylation sites (N-methyl/N-ethyl adjacent to an activating group) is 1. The van der Waals surface area contributed by atoms with E-state index >= 15 is 0 Å². The number of hydrogen-bond donors (Lipinski definition) is 2. The van der Waals surface area contributed by atoms with Gasteiger partial charge in [0.25, 0.3) is 0 Å². The molecule has 0 aromatic heterocycles. The van der Waals surface area contributed by atoms with E-state index in [4.69, 9.17) is 35.3 Å². The normalized spacial score (nSPS) is 30.7. The van der Waals surface area contributed by atoms with Crippen molar-refractivity contribution in [3.8, 4) is 5.75 Å². The summed E-state index contributed by atoms with van der Waals surface area (Å²) < 4.78 is 29.3. The second kappa shape index (κ2) is 18.8. The van der Waals surface area contributed by atoms with Crippen LogP contribution in [0.4, 0.5) is 10.5 Å². The van der Waals surface area contributed by atoms with Crippen LogP contribution in [0.25, 0.3) is 0 Å². The number of benzene rings is 1. The topological polar surface area (TPSA) is 194 Å². The van der Waals surface area contributed by atoms with E-state index in [0.29, 0.717) is 43.7 Å². The number of aliphatic hydroxyl groups is 1. The third kappa shape index (κ3) is 10.3. The van der Waals surface area contributed by atoms with Crippen molar-refractivity contribution in [2.24, 2.45) is 5.92 Å². The maximum absolute atomic E-state index is 14.2. The Balaban J connectivity index is 1.39. The molecular formula is C42H57ClN4O12. The summed E-state index contributed by atoms with van der Waals surface area (Å²) in [5, 5.41) is 14.5. The number of methoxy groups -OCH3 is 2. The highest BCUT2D eigenvalue weighted by molar-refractivity contribution is 6.35. The number of rotatable bonds is 11. The zero-order valence-corrected chi connectivity index (χ0v) is 35.8. The zero-order chi connectivity index (χ0) is 43.4. The molecule has 0 aliphatic carbocycles. The van der Waals surface area contributed by atoms with Gasteiger partial charge in [-0.05, 0) is 57.7 Å². The van der Waals surface area contributed by atoms with E-state index < -0.39 is 65.7 Å². The lowest BCUT2D eigenvalue weighted by atomic mass is 9.83. The molecule has 8 atom stereocenters. The summed E-state index contributed by atoms with van der Waals surface area (Å²) in [6.07, 6.45) is 2.92. The number of anilines is 1. The Hall–Kier alpha value is -4.51. The van der Waals surface area contributed by atoms with E-state index in [2.05, 4.69) is 5.32 Å². The van der Waals surface area contributed by atoms with Crippen molar-refractivity contribution in [3.05, 3.63) is 46.5 Å². The average molecular weight is 845 g/mol. The Morgan fingerprint density at radius 1 is 1.10 bits per heavy atom. The summed E-state index contributed by atoms with van der Waals surface area (Å²) in [7, 11) is 5.96. The molecule has 16 nitrogen and oxygen atoms in total. The molecule has 5 amide bonds. The van der Waals surface area contributed by atoms with Crippen LogP contribution >= 0.6 is 11.6 Å². The fraction of sp³-hybridized carbons (Fsp3) is 0.619. The largest absolute Gasteiger partial charge is 0.495 e. The first-order valence-corrected chi connectivity index (χ1v) is 20.4. The summed E-state index contributed by atoms with van der Waals surface area (Å²) in [5.41, 5.74) is -1.04. The molecule has 4 aliphatic heterocycles. The van der Waals surface area contributed by atoms with Crippen molar-refractivity contribution >= 4 is 53.0 Å². The van der Waals surface area contributed by atoms with Gasteiger partial charge in [-0.15, -0.1) is 0 Å². The van der Waals surface area contributed by atoms with Gasteiger partial charge in [0.05, 0.1) is 25.3 Å². The average Bonchev–Trinajstić information content (AvgIpc) is 3.79. The highest BCUT2D eigenvalue weighted by Gasteiger charge is 2.64. The highest BCUT2D eigenvalue weighted by Crippen LogP contribution is 2.49. The molecule has 3 saturated heterocycles. The molecular weight excluding hydrogens is 788 g/mol. The number of imide groups is 1. The van der Waals surface area contributed by atoms with Crippen LogP contribution in [0.5, 0.6) is 5.75 Å². The summed E-state index contributed by atoms with van der Waals surface area (Å²) >= 11 is 6.78. The molecule has 7 unspecified atom stereocenters. The van der Waals surface area contributed by atoms with E-state index in [9.17, 15) is 33.9 Å². The second-order valence-corrected chi connectivity index (χ2v) is 16.5. The van der Waals surface area contributed by atoms with Gasteiger partial charge >= 0.3 is 12.1 Å².